The summed E-state index contributed by atoms with van der Waals surface area (Å²) in [5.41, 5.74) is 0.506. The van der Waals surface area contributed by atoms with E-state index < -0.39 is 5.41 Å². The summed E-state index contributed by atoms with van der Waals surface area (Å²) in [5, 5.41) is 20.4. The number of hydrogen-bond acceptors (Lipinski definition) is 3. The number of rotatable bonds is 4. The highest BCUT2D eigenvalue weighted by molar-refractivity contribution is 5.84. The van der Waals surface area contributed by atoms with Gasteiger partial charge in [0, 0.05) is 6.54 Å². The lowest BCUT2D eigenvalue weighted by molar-refractivity contribution is -0.127. The standard InChI is InChI=1S/C14H15N3O/c1-3-14(2,10-16)13(18)17-9-12-6-4-11(8-15)5-7-12/h4-7H,3,9H2,1-2H3,(H,17,18). The molecule has 0 aliphatic rings. The second kappa shape index (κ2) is 5.84. The molecule has 0 aliphatic carbocycles. The number of amides is 1. The van der Waals surface area contributed by atoms with Gasteiger partial charge < -0.3 is 5.32 Å². The Morgan fingerprint density at radius 2 is 1.94 bits per heavy atom. The summed E-state index contributed by atoms with van der Waals surface area (Å²) in [4.78, 5) is 11.8. The Kier molecular flexibility index (Phi) is 4.45. The largest absolute Gasteiger partial charge is 0.351 e. The maximum absolute atomic E-state index is 11.8. The summed E-state index contributed by atoms with van der Waals surface area (Å²) in [6, 6.07) is 11.0. The van der Waals surface area contributed by atoms with E-state index in [-0.39, 0.29) is 5.91 Å². The number of nitriles is 2. The first-order chi connectivity index (χ1) is 8.55. The van der Waals surface area contributed by atoms with Crippen molar-refractivity contribution in [3.05, 3.63) is 35.4 Å². The van der Waals surface area contributed by atoms with Gasteiger partial charge in [-0.25, -0.2) is 0 Å². The molecule has 1 atom stereocenters. The van der Waals surface area contributed by atoms with Gasteiger partial charge in [0.25, 0.3) is 0 Å². The lowest BCUT2D eigenvalue weighted by Gasteiger charge is -2.18. The van der Waals surface area contributed by atoms with E-state index in [4.69, 9.17) is 10.5 Å². The van der Waals surface area contributed by atoms with Gasteiger partial charge in [0.1, 0.15) is 5.41 Å². The van der Waals surface area contributed by atoms with Crippen molar-refractivity contribution in [3.63, 3.8) is 0 Å². The lowest BCUT2D eigenvalue weighted by atomic mass is 9.88. The zero-order chi connectivity index (χ0) is 13.6. The summed E-state index contributed by atoms with van der Waals surface area (Å²) in [5.74, 6) is -0.267. The minimum Gasteiger partial charge on any atom is -0.351 e. The first kappa shape index (κ1) is 13.7. The van der Waals surface area contributed by atoms with Crippen LogP contribution in [0.4, 0.5) is 0 Å². The highest BCUT2D eigenvalue weighted by atomic mass is 16.2. The maximum atomic E-state index is 11.8. The molecule has 0 aliphatic heterocycles. The summed E-state index contributed by atoms with van der Waals surface area (Å²) in [7, 11) is 0. The van der Waals surface area contributed by atoms with Crippen molar-refractivity contribution in [2.75, 3.05) is 0 Å². The molecule has 1 aromatic rings. The van der Waals surface area contributed by atoms with E-state index >= 15 is 0 Å². The molecule has 4 nitrogen and oxygen atoms in total. The Morgan fingerprint density at radius 3 is 2.39 bits per heavy atom. The van der Waals surface area contributed by atoms with Gasteiger partial charge in [0.2, 0.25) is 5.91 Å². The van der Waals surface area contributed by atoms with Crippen LogP contribution in [0.2, 0.25) is 0 Å². The van der Waals surface area contributed by atoms with E-state index in [1.807, 2.05) is 19.1 Å². The second-order valence-corrected chi connectivity index (χ2v) is 4.29. The molecule has 1 unspecified atom stereocenters. The first-order valence-electron chi connectivity index (χ1n) is 5.74. The van der Waals surface area contributed by atoms with Crippen LogP contribution in [0.1, 0.15) is 31.4 Å². The van der Waals surface area contributed by atoms with E-state index in [0.29, 0.717) is 18.5 Å². The third-order valence-corrected chi connectivity index (χ3v) is 2.99. The Morgan fingerprint density at radius 1 is 1.33 bits per heavy atom. The third-order valence-electron chi connectivity index (χ3n) is 2.99. The zero-order valence-electron chi connectivity index (χ0n) is 10.5. The van der Waals surface area contributed by atoms with Crippen LogP contribution in [0, 0.1) is 28.1 Å². The number of nitrogens with zero attached hydrogens (tertiary/aromatic N) is 2. The van der Waals surface area contributed by atoms with Crippen molar-refractivity contribution >= 4 is 5.91 Å². The average Bonchev–Trinajstić information content (AvgIpc) is 2.44. The Hall–Kier alpha value is -2.33. The van der Waals surface area contributed by atoms with Crippen molar-refractivity contribution in [2.24, 2.45) is 5.41 Å². The molecule has 1 rings (SSSR count). The van der Waals surface area contributed by atoms with Crippen LogP contribution in [0.3, 0.4) is 0 Å². The molecule has 0 spiro atoms. The molecule has 0 saturated heterocycles. The van der Waals surface area contributed by atoms with Gasteiger partial charge in [-0.3, -0.25) is 4.79 Å². The van der Waals surface area contributed by atoms with Crippen LogP contribution in [-0.2, 0) is 11.3 Å². The molecule has 92 valence electrons. The fourth-order valence-corrected chi connectivity index (χ4v) is 1.36. The molecule has 18 heavy (non-hydrogen) atoms. The van der Waals surface area contributed by atoms with Gasteiger partial charge in [-0.05, 0) is 31.0 Å². The minimum atomic E-state index is -0.980. The smallest absolute Gasteiger partial charge is 0.240 e. The minimum absolute atomic E-state index is 0.267. The second-order valence-electron chi connectivity index (χ2n) is 4.29. The van der Waals surface area contributed by atoms with E-state index in [2.05, 4.69) is 5.32 Å². The van der Waals surface area contributed by atoms with Crippen molar-refractivity contribution in [3.8, 4) is 12.1 Å². The average molecular weight is 241 g/mol. The van der Waals surface area contributed by atoms with Gasteiger partial charge in [-0.2, -0.15) is 10.5 Å². The van der Waals surface area contributed by atoms with Crippen LogP contribution in [-0.4, -0.2) is 5.91 Å². The molecule has 1 aromatic carbocycles. The predicted octanol–water partition coefficient (Wildman–Crippen LogP) is 2.11. The third kappa shape index (κ3) is 3.09. The van der Waals surface area contributed by atoms with Crippen LogP contribution >= 0.6 is 0 Å². The van der Waals surface area contributed by atoms with Gasteiger partial charge >= 0.3 is 0 Å². The molecular formula is C14H15N3O. The normalized spacial score (nSPS) is 12.9. The van der Waals surface area contributed by atoms with Crippen LogP contribution in [0.25, 0.3) is 0 Å². The maximum Gasteiger partial charge on any atom is 0.240 e. The lowest BCUT2D eigenvalue weighted by Crippen LogP contribution is -2.37. The monoisotopic (exact) mass is 241 g/mol. The fourth-order valence-electron chi connectivity index (χ4n) is 1.36. The van der Waals surface area contributed by atoms with E-state index in [1.54, 1.807) is 31.2 Å². The molecule has 0 aromatic heterocycles. The number of benzene rings is 1. The topological polar surface area (TPSA) is 76.7 Å². The van der Waals surface area contributed by atoms with Crippen LogP contribution in [0.15, 0.2) is 24.3 Å². The molecular weight excluding hydrogens is 226 g/mol. The van der Waals surface area contributed by atoms with Crippen molar-refractivity contribution < 1.29 is 4.79 Å². The summed E-state index contributed by atoms with van der Waals surface area (Å²) >= 11 is 0. The molecule has 1 N–H and O–H groups in total. The van der Waals surface area contributed by atoms with Gasteiger partial charge in [-0.1, -0.05) is 19.1 Å². The van der Waals surface area contributed by atoms with Gasteiger partial charge in [0.15, 0.2) is 0 Å². The molecule has 0 fully saturated rings. The molecule has 1 amide bonds. The van der Waals surface area contributed by atoms with Crippen LogP contribution < -0.4 is 5.32 Å². The summed E-state index contributed by atoms with van der Waals surface area (Å²) < 4.78 is 0. The number of carbonyl (C=O) groups excluding carboxylic acids is 1. The van der Waals surface area contributed by atoms with Crippen LogP contribution in [0.5, 0.6) is 0 Å². The molecule has 0 bridgehead atoms. The fraction of sp³-hybridized carbons (Fsp3) is 0.357. The molecule has 0 saturated carbocycles. The number of hydrogen-bond donors (Lipinski definition) is 1. The predicted molar refractivity (Wildman–Crippen MR) is 67.0 cm³/mol. The highest BCUT2D eigenvalue weighted by Gasteiger charge is 2.30. The SMILES string of the molecule is CCC(C)(C#N)C(=O)NCc1ccc(C#N)cc1. The van der Waals surface area contributed by atoms with Crippen molar-refractivity contribution in [2.45, 2.75) is 26.8 Å². The van der Waals surface area contributed by atoms with Crippen molar-refractivity contribution in [1.29, 1.82) is 10.5 Å². The van der Waals surface area contributed by atoms with E-state index in [1.165, 1.54) is 0 Å². The molecule has 0 heterocycles. The van der Waals surface area contributed by atoms with Crippen molar-refractivity contribution in [1.82, 2.24) is 5.32 Å². The molecule has 4 heteroatoms. The van der Waals surface area contributed by atoms with E-state index in [0.717, 1.165) is 5.56 Å². The Bertz CT molecular complexity index is 507. The van der Waals surface area contributed by atoms with Gasteiger partial charge in [-0.15, -0.1) is 0 Å². The number of nitrogens with one attached hydrogen (secondary N) is 1. The molecule has 0 radical (unpaired) electrons. The van der Waals surface area contributed by atoms with Gasteiger partial charge in [0.05, 0.1) is 17.7 Å². The highest BCUT2D eigenvalue weighted by Crippen LogP contribution is 2.19. The summed E-state index contributed by atoms with van der Waals surface area (Å²) in [6.07, 6.45) is 0.475. The Balaban J connectivity index is 2.63. The summed E-state index contributed by atoms with van der Waals surface area (Å²) in [6.45, 7) is 3.80. The quantitative estimate of drug-likeness (QED) is 0.877. The van der Waals surface area contributed by atoms with E-state index in [9.17, 15) is 4.79 Å². The Labute approximate surface area is 107 Å². The zero-order valence-corrected chi connectivity index (χ0v) is 10.5. The number of carbonyl (C=O) groups is 1. The first-order valence-corrected chi connectivity index (χ1v) is 5.74.